The van der Waals surface area contributed by atoms with E-state index in [0.29, 0.717) is 31.2 Å². The van der Waals surface area contributed by atoms with Gasteiger partial charge in [-0.3, -0.25) is 4.79 Å². The highest BCUT2D eigenvalue weighted by Crippen LogP contribution is 2.31. The van der Waals surface area contributed by atoms with E-state index in [9.17, 15) is 13.2 Å². The van der Waals surface area contributed by atoms with Crippen molar-refractivity contribution in [3.63, 3.8) is 0 Å². The van der Waals surface area contributed by atoms with E-state index in [4.69, 9.17) is 34.8 Å². The summed E-state index contributed by atoms with van der Waals surface area (Å²) in [6.45, 7) is 2.22. The molecule has 1 aliphatic carbocycles. The average molecular weight is 489 g/mol. The summed E-state index contributed by atoms with van der Waals surface area (Å²) in [6.07, 6.45) is 1.60. The number of hydrogen-bond donors (Lipinski definition) is 1. The lowest BCUT2D eigenvalue weighted by molar-refractivity contribution is 0.0746. The van der Waals surface area contributed by atoms with Crippen LogP contribution in [0.2, 0.25) is 15.1 Å². The number of piperazine rings is 1. The van der Waals surface area contributed by atoms with Crippen LogP contribution in [0, 0.1) is 0 Å². The van der Waals surface area contributed by atoms with E-state index < -0.39 is 10.0 Å². The van der Waals surface area contributed by atoms with Gasteiger partial charge < -0.3 is 9.80 Å². The van der Waals surface area contributed by atoms with Crippen LogP contribution in [0.15, 0.2) is 41.3 Å². The molecule has 1 N–H and O–H groups in total. The molecule has 0 atom stereocenters. The van der Waals surface area contributed by atoms with Crippen LogP contribution in [0.3, 0.4) is 0 Å². The third-order valence-electron chi connectivity index (χ3n) is 5.18. The van der Waals surface area contributed by atoms with Crippen molar-refractivity contribution in [1.29, 1.82) is 0 Å². The van der Waals surface area contributed by atoms with E-state index in [1.807, 2.05) is 24.3 Å². The fraction of sp³-hybridized carbons (Fsp3) is 0.350. The largest absolute Gasteiger partial charge is 0.368 e. The second kappa shape index (κ2) is 8.55. The maximum absolute atomic E-state index is 13.1. The molecule has 160 valence electrons. The molecule has 2 aliphatic rings. The molecule has 2 aromatic rings. The number of nitrogens with one attached hydrogen (secondary N) is 1. The average Bonchev–Trinajstić information content (AvgIpc) is 3.51. The zero-order valence-electron chi connectivity index (χ0n) is 15.9. The second-order valence-corrected chi connectivity index (χ2v) is 10.4. The lowest BCUT2D eigenvalue weighted by Gasteiger charge is -2.36. The number of carbonyl (C=O) groups is 1. The molecule has 1 saturated heterocycles. The zero-order chi connectivity index (χ0) is 21.5. The van der Waals surface area contributed by atoms with Gasteiger partial charge in [-0.25, -0.2) is 13.1 Å². The first-order valence-corrected chi connectivity index (χ1v) is 12.2. The van der Waals surface area contributed by atoms with Crippen LogP contribution in [0.4, 0.5) is 5.69 Å². The Labute approximate surface area is 190 Å². The van der Waals surface area contributed by atoms with Gasteiger partial charge in [-0.2, -0.15) is 0 Å². The Balaban J connectivity index is 1.51. The quantitative estimate of drug-likeness (QED) is 0.689. The van der Waals surface area contributed by atoms with Gasteiger partial charge in [-0.1, -0.05) is 40.9 Å². The standard InChI is InChI=1S/C20H20Cl3N3O3S/c21-13-2-1-3-15(10-13)25-6-8-26(9-7-25)20(27)16-11-19(18(23)12-17(16)22)30(28,29)24-14-4-5-14/h1-3,10-12,14,24H,4-9H2. The van der Waals surface area contributed by atoms with Crippen molar-refractivity contribution < 1.29 is 13.2 Å². The van der Waals surface area contributed by atoms with Crippen LogP contribution in [-0.2, 0) is 10.0 Å². The van der Waals surface area contributed by atoms with Crippen LogP contribution in [0.25, 0.3) is 0 Å². The third-order valence-corrected chi connectivity index (χ3v) is 7.71. The lowest BCUT2D eigenvalue weighted by atomic mass is 10.1. The molecule has 30 heavy (non-hydrogen) atoms. The Bertz CT molecular complexity index is 1080. The Hall–Kier alpha value is -1.51. The molecule has 0 radical (unpaired) electrons. The molecule has 4 rings (SSSR count). The molecule has 1 aliphatic heterocycles. The Morgan fingerprint density at radius 1 is 0.967 bits per heavy atom. The summed E-state index contributed by atoms with van der Waals surface area (Å²) in [4.78, 5) is 16.8. The van der Waals surface area contributed by atoms with Gasteiger partial charge in [0.15, 0.2) is 0 Å². The predicted molar refractivity (Wildman–Crippen MR) is 119 cm³/mol. The second-order valence-electron chi connectivity index (χ2n) is 7.42. The van der Waals surface area contributed by atoms with Crippen LogP contribution in [0.5, 0.6) is 0 Å². The van der Waals surface area contributed by atoms with Gasteiger partial charge in [0, 0.05) is 42.9 Å². The number of sulfonamides is 1. The van der Waals surface area contributed by atoms with Crippen molar-refractivity contribution in [1.82, 2.24) is 9.62 Å². The predicted octanol–water partition coefficient (Wildman–Crippen LogP) is 4.05. The highest BCUT2D eigenvalue weighted by atomic mass is 35.5. The molecular formula is C20H20Cl3N3O3S. The van der Waals surface area contributed by atoms with Crippen molar-refractivity contribution in [2.75, 3.05) is 31.1 Å². The summed E-state index contributed by atoms with van der Waals surface area (Å²) in [7, 11) is -3.81. The number of benzene rings is 2. The number of rotatable bonds is 5. The van der Waals surface area contributed by atoms with Crippen molar-refractivity contribution in [2.45, 2.75) is 23.8 Å². The number of hydrogen-bond acceptors (Lipinski definition) is 4. The highest BCUT2D eigenvalue weighted by Gasteiger charge is 2.31. The Morgan fingerprint density at radius 2 is 1.67 bits per heavy atom. The van der Waals surface area contributed by atoms with E-state index >= 15 is 0 Å². The Morgan fingerprint density at radius 3 is 2.30 bits per heavy atom. The first kappa shape index (κ1) is 21.7. The normalized spacial score (nSPS) is 17.3. The first-order chi connectivity index (χ1) is 14.2. The molecule has 0 bridgehead atoms. The smallest absolute Gasteiger partial charge is 0.255 e. The van der Waals surface area contributed by atoms with Crippen molar-refractivity contribution in [3.8, 4) is 0 Å². The van der Waals surface area contributed by atoms with Crippen molar-refractivity contribution >= 4 is 56.4 Å². The Kier molecular flexibility index (Phi) is 6.19. The minimum absolute atomic E-state index is 0.00419. The topological polar surface area (TPSA) is 69.7 Å². The fourth-order valence-corrected chi connectivity index (χ4v) is 5.74. The number of halogens is 3. The van der Waals surface area contributed by atoms with Crippen LogP contribution < -0.4 is 9.62 Å². The van der Waals surface area contributed by atoms with E-state index in [1.54, 1.807) is 4.90 Å². The van der Waals surface area contributed by atoms with Crippen LogP contribution in [0.1, 0.15) is 23.2 Å². The van der Waals surface area contributed by atoms with Gasteiger partial charge in [-0.15, -0.1) is 0 Å². The van der Waals surface area contributed by atoms with E-state index in [2.05, 4.69) is 9.62 Å². The molecule has 0 unspecified atom stereocenters. The number of carbonyl (C=O) groups excluding carboxylic acids is 1. The molecule has 0 aromatic heterocycles. The summed E-state index contributed by atoms with van der Waals surface area (Å²) in [5.74, 6) is -0.315. The van der Waals surface area contributed by atoms with E-state index in [1.165, 1.54) is 12.1 Å². The van der Waals surface area contributed by atoms with Gasteiger partial charge in [0.2, 0.25) is 10.0 Å². The molecule has 10 heteroatoms. The summed E-state index contributed by atoms with van der Waals surface area (Å²) < 4.78 is 27.8. The minimum Gasteiger partial charge on any atom is -0.368 e. The van der Waals surface area contributed by atoms with Crippen molar-refractivity contribution in [2.24, 2.45) is 0 Å². The van der Waals surface area contributed by atoms with E-state index in [-0.39, 0.29) is 32.5 Å². The number of amides is 1. The molecule has 0 spiro atoms. The zero-order valence-corrected chi connectivity index (χ0v) is 19.0. The number of nitrogens with zero attached hydrogens (tertiary/aromatic N) is 2. The monoisotopic (exact) mass is 487 g/mol. The van der Waals surface area contributed by atoms with Gasteiger partial charge in [0.05, 0.1) is 15.6 Å². The lowest BCUT2D eigenvalue weighted by Crippen LogP contribution is -2.48. The summed E-state index contributed by atoms with van der Waals surface area (Å²) in [5, 5.41) is 0.788. The molecule has 1 saturated carbocycles. The molecule has 6 nitrogen and oxygen atoms in total. The molecule has 2 aromatic carbocycles. The molecule has 1 heterocycles. The maximum atomic E-state index is 13.1. The highest BCUT2D eigenvalue weighted by molar-refractivity contribution is 7.89. The van der Waals surface area contributed by atoms with Gasteiger partial charge >= 0.3 is 0 Å². The molecular weight excluding hydrogens is 469 g/mol. The third kappa shape index (κ3) is 4.70. The van der Waals surface area contributed by atoms with Gasteiger partial charge in [-0.05, 0) is 43.2 Å². The van der Waals surface area contributed by atoms with E-state index in [0.717, 1.165) is 18.5 Å². The maximum Gasteiger partial charge on any atom is 0.255 e. The summed E-state index contributed by atoms with van der Waals surface area (Å²) >= 11 is 18.5. The van der Waals surface area contributed by atoms with Crippen LogP contribution >= 0.6 is 34.8 Å². The van der Waals surface area contributed by atoms with Crippen molar-refractivity contribution in [3.05, 3.63) is 57.0 Å². The number of anilines is 1. The molecule has 1 amide bonds. The fourth-order valence-electron chi connectivity index (χ4n) is 3.39. The summed E-state index contributed by atoms with van der Waals surface area (Å²) in [6, 6.07) is 10.1. The van der Waals surface area contributed by atoms with Crippen LogP contribution in [-0.4, -0.2) is 51.4 Å². The van der Waals surface area contributed by atoms with Gasteiger partial charge in [0.1, 0.15) is 4.90 Å². The molecule has 2 fully saturated rings. The summed E-state index contributed by atoms with van der Waals surface area (Å²) in [5.41, 5.74) is 1.13. The SMILES string of the molecule is O=C(c1cc(S(=O)(=O)NC2CC2)c(Cl)cc1Cl)N1CCN(c2cccc(Cl)c2)CC1. The first-order valence-electron chi connectivity index (χ1n) is 9.56. The van der Waals surface area contributed by atoms with Gasteiger partial charge in [0.25, 0.3) is 5.91 Å². The minimum atomic E-state index is -3.81.